The predicted molar refractivity (Wildman–Crippen MR) is 89.9 cm³/mol. The van der Waals surface area contributed by atoms with E-state index in [1.807, 2.05) is 18.2 Å². The van der Waals surface area contributed by atoms with Gasteiger partial charge < -0.3 is 4.90 Å². The van der Waals surface area contributed by atoms with Crippen LogP contribution in [0.2, 0.25) is 0 Å². The Labute approximate surface area is 139 Å². The monoisotopic (exact) mass is 368 g/mol. The zero-order chi connectivity index (χ0) is 15.9. The molecule has 1 fully saturated rings. The minimum atomic E-state index is -1.73. The molecule has 3 nitrogen and oxygen atoms in total. The van der Waals surface area contributed by atoms with Crippen LogP contribution in [-0.4, -0.2) is 42.7 Å². The fraction of sp³-hybridized carbons (Fsp3) is 0.588. The molecule has 1 saturated heterocycles. The predicted octanol–water partition coefficient (Wildman–Crippen LogP) is 3.41. The van der Waals surface area contributed by atoms with Crippen LogP contribution in [0, 0.1) is 5.92 Å². The lowest BCUT2D eigenvalue weighted by Crippen LogP contribution is -2.47. The number of nitrogens with zero attached hydrogens (tertiary/aromatic N) is 2. The molecular weight excluding hydrogens is 347 g/mol. The van der Waals surface area contributed by atoms with Crippen molar-refractivity contribution in [3.8, 4) is 0 Å². The molecule has 0 saturated carbocycles. The third kappa shape index (κ3) is 2.93. The molecule has 1 amide bonds. The van der Waals surface area contributed by atoms with Crippen molar-refractivity contribution in [2.45, 2.75) is 32.4 Å². The van der Waals surface area contributed by atoms with Gasteiger partial charge in [-0.3, -0.25) is 9.69 Å². The van der Waals surface area contributed by atoms with E-state index in [4.69, 9.17) is 0 Å². The number of benzene rings is 1. The average Bonchev–Trinajstić information content (AvgIpc) is 3.01. The molecule has 1 atom stereocenters. The number of hydrogen-bond acceptors (Lipinski definition) is 2. The lowest BCUT2D eigenvalue weighted by Gasteiger charge is -2.27. The summed E-state index contributed by atoms with van der Waals surface area (Å²) in [6.45, 7) is 6.57. The largest absolute Gasteiger partial charge is 0.309 e. The highest BCUT2D eigenvalue weighted by Crippen LogP contribution is 2.35. The van der Waals surface area contributed by atoms with Gasteiger partial charge in [-0.15, -0.1) is 0 Å². The topological polar surface area (TPSA) is 23.6 Å². The summed E-state index contributed by atoms with van der Waals surface area (Å²) in [5.41, 5.74) is 0.250. The van der Waals surface area contributed by atoms with Gasteiger partial charge in [-0.1, -0.05) is 29.8 Å². The molecule has 1 aromatic rings. The highest BCUT2D eigenvalue weighted by molar-refractivity contribution is 9.10. The normalized spacial score (nSPS) is 25.0. The van der Waals surface area contributed by atoms with E-state index < -0.39 is 5.67 Å². The Morgan fingerprint density at radius 2 is 2.18 bits per heavy atom. The number of hydrogen-bond donors (Lipinski definition) is 0. The van der Waals surface area contributed by atoms with E-state index in [2.05, 4.69) is 34.7 Å². The number of carbonyl (C=O) groups excluding carboxylic acids is 1. The molecule has 3 rings (SSSR count). The number of rotatable bonds is 3. The number of fused-ring (bicyclic) bond motifs is 1. The van der Waals surface area contributed by atoms with Crippen molar-refractivity contribution in [3.05, 3.63) is 28.2 Å². The van der Waals surface area contributed by atoms with E-state index >= 15 is 4.39 Å². The Morgan fingerprint density at radius 1 is 1.41 bits per heavy atom. The van der Waals surface area contributed by atoms with Crippen LogP contribution in [0.3, 0.4) is 0 Å². The van der Waals surface area contributed by atoms with E-state index in [1.165, 1.54) is 0 Å². The summed E-state index contributed by atoms with van der Waals surface area (Å²) in [6, 6.07) is 5.84. The van der Waals surface area contributed by atoms with E-state index in [0.717, 1.165) is 28.7 Å². The molecule has 22 heavy (non-hydrogen) atoms. The summed E-state index contributed by atoms with van der Waals surface area (Å²) >= 11 is 3.45. The molecule has 1 aromatic carbocycles. The number of alkyl halides is 1. The van der Waals surface area contributed by atoms with E-state index in [9.17, 15) is 4.79 Å². The van der Waals surface area contributed by atoms with Gasteiger partial charge in [0.2, 0.25) is 5.67 Å². The Kier molecular flexibility index (Phi) is 4.29. The standard InChI is InChI=1S/C17H22BrFN2O/c1-12(2)10-20-8-6-17(19,11-20)16(22)21-7-5-13-9-14(18)3-4-15(13)21/h3-4,9,12H,5-8,10-11H2,1-2H3. The SMILES string of the molecule is CC(C)CN1CCC(F)(C(=O)N2CCc3cc(Br)ccc32)C1. The number of anilines is 1. The Hall–Kier alpha value is -0.940. The number of likely N-dealkylation sites (tertiary alicyclic amines) is 1. The Morgan fingerprint density at radius 3 is 2.91 bits per heavy atom. The highest BCUT2D eigenvalue weighted by Gasteiger charge is 2.48. The van der Waals surface area contributed by atoms with Crippen molar-refractivity contribution in [1.82, 2.24) is 4.90 Å². The van der Waals surface area contributed by atoms with Gasteiger partial charge in [0.05, 0.1) is 0 Å². The average molecular weight is 369 g/mol. The van der Waals surface area contributed by atoms with Crippen LogP contribution < -0.4 is 4.90 Å². The Balaban J connectivity index is 1.76. The van der Waals surface area contributed by atoms with Gasteiger partial charge in [0.25, 0.3) is 5.91 Å². The summed E-state index contributed by atoms with van der Waals surface area (Å²) in [5, 5.41) is 0. The summed E-state index contributed by atoms with van der Waals surface area (Å²) < 4.78 is 16.2. The van der Waals surface area contributed by atoms with Crippen LogP contribution in [0.15, 0.2) is 22.7 Å². The molecule has 0 spiro atoms. The van der Waals surface area contributed by atoms with Crippen LogP contribution in [0.25, 0.3) is 0 Å². The molecule has 5 heteroatoms. The van der Waals surface area contributed by atoms with E-state index in [1.54, 1.807) is 4.90 Å². The summed E-state index contributed by atoms with van der Waals surface area (Å²) in [5.74, 6) is 0.127. The van der Waals surface area contributed by atoms with Crippen molar-refractivity contribution in [3.63, 3.8) is 0 Å². The van der Waals surface area contributed by atoms with Crippen molar-refractivity contribution in [1.29, 1.82) is 0 Å². The maximum absolute atomic E-state index is 15.2. The van der Waals surface area contributed by atoms with Crippen molar-refractivity contribution in [2.75, 3.05) is 31.1 Å². The van der Waals surface area contributed by atoms with Gasteiger partial charge in [-0.25, -0.2) is 4.39 Å². The fourth-order valence-electron chi connectivity index (χ4n) is 3.52. The second-order valence-corrected chi connectivity index (χ2v) is 7.74. The van der Waals surface area contributed by atoms with Gasteiger partial charge in [0, 0.05) is 42.8 Å². The first-order valence-electron chi connectivity index (χ1n) is 7.91. The van der Waals surface area contributed by atoms with Crippen LogP contribution in [0.5, 0.6) is 0 Å². The number of amides is 1. The van der Waals surface area contributed by atoms with Gasteiger partial charge >= 0.3 is 0 Å². The molecule has 0 radical (unpaired) electrons. The van der Waals surface area contributed by atoms with Gasteiger partial charge in [-0.2, -0.15) is 0 Å². The minimum absolute atomic E-state index is 0.229. The van der Waals surface area contributed by atoms with Crippen LogP contribution in [-0.2, 0) is 11.2 Å². The van der Waals surface area contributed by atoms with Crippen LogP contribution in [0.4, 0.5) is 10.1 Å². The molecule has 2 heterocycles. The molecule has 1 unspecified atom stereocenters. The second kappa shape index (κ2) is 5.93. The van der Waals surface area contributed by atoms with Gasteiger partial charge in [0.15, 0.2) is 0 Å². The molecule has 0 N–H and O–H groups in total. The third-order valence-electron chi connectivity index (χ3n) is 4.49. The third-order valence-corrected chi connectivity index (χ3v) is 4.98. The number of halogens is 2. The maximum atomic E-state index is 15.2. The van der Waals surface area contributed by atoms with Crippen molar-refractivity contribution >= 4 is 27.5 Å². The first kappa shape index (κ1) is 15.9. The lowest BCUT2D eigenvalue weighted by atomic mass is 10.0. The first-order chi connectivity index (χ1) is 10.4. The minimum Gasteiger partial charge on any atom is -0.309 e. The van der Waals surface area contributed by atoms with Crippen molar-refractivity contribution < 1.29 is 9.18 Å². The highest BCUT2D eigenvalue weighted by atomic mass is 79.9. The lowest BCUT2D eigenvalue weighted by molar-refractivity contribution is -0.129. The van der Waals surface area contributed by atoms with Gasteiger partial charge in [0.1, 0.15) is 0 Å². The molecule has 0 bridgehead atoms. The zero-order valence-corrected chi connectivity index (χ0v) is 14.7. The smallest absolute Gasteiger partial charge is 0.266 e. The molecular formula is C17H22BrFN2O. The first-order valence-corrected chi connectivity index (χ1v) is 8.70. The molecule has 0 aromatic heterocycles. The van der Waals surface area contributed by atoms with Gasteiger partial charge in [-0.05, 0) is 36.1 Å². The summed E-state index contributed by atoms with van der Waals surface area (Å²) in [4.78, 5) is 16.5. The maximum Gasteiger partial charge on any atom is 0.266 e. The molecule has 2 aliphatic rings. The number of carbonyl (C=O) groups is 1. The quantitative estimate of drug-likeness (QED) is 0.815. The summed E-state index contributed by atoms with van der Waals surface area (Å²) in [6.07, 6.45) is 1.10. The molecule has 120 valence electrons. The summed E-state index contributed by atoms with van der Waals surface area (Å²) in [7, 11) is 0. The van der Waals surface area contributed by atoms with Crippen LogP contribution >= 0.6 is 15.9 Å². The Bertz CT molecular complexity index is 592. The second-order valence-electron chi connectivity index (χ2n) is 6.82. The fourth-order valence-corrected chi connectivity index (χ4v) is 3.93. The molecule has 0 aliphatic carbocycles. The zero-order valence-electron chi connectivity index (χ0n) is 13.1. The van der Waals surface area contributed by atoms with E-state index in [-0.39, 0.29) is 12.5 Å². The van der Waals surface area contributed by atoms with Crippen LogP contribution in [0.1, 0.15) is 25.8 Å². The molecule has 2 aliphatic heterocycles. The van der Waals surface area contributed by atoms with E-state index in [0.29, 0.717) is 25.4 Å². The van der Waals surface area contributed by atoms with Crippen molar-refractivity contribution in [2.24, 2.45) is 5.92 Å².